The first kappa shape index (κ1) is 35.0. The highest BCUT2D eigenvalue weighted by Crippen LogP contribution is 2.67. The van der Waals surface area contributed by atoms with Crippen molar-refractivity contribution in [2.45, 2.75) is 128 Å². The number of ether oxygens (including phenoxy) is 2. The Bertz CT molecular complexity index is 1450. The Morgan fingerprint density at radius 3 is 2.44 bits per heavy atom. The van der Waals surface area contributed by atoms with Crippen LogP contribution >= 0.6 is 0 Å². The second kappa shape index (κ2) is 13.1. The number of aliphatic hydroxyl groups is 1. The fraction of sp³-hybridized carbons (Fsp3) is 0.700. The lowest BCUT2D eigenvalue weighted by molar-refractivity contribution is -0.170. The molecule has 48 heavy (non-hydrogen) atoms. The topological polar surface area (TPSA) is 119 Å². The average Bonchev–Trinajstić information content (AvgIpc) is 3.34. The summed E-state index contributed by atoms with van der Waals surface area (Å²) in [4.78, 5) is 51.1. The van der Waals surface area contributed by atoms with Crippen LogP contribution in [0.4, 0.5) is 0 Å². The molecule has 262 valence electrons. The van der Waals surface area contributed by atoms with Gasteiger partial charge < -0.3 is 19.9 Å². The average molecular weight is 662 g/mol. The van der Waals surface area contributed by atoms with Gasteiger partial charge in [0, 0.05) is 36.8 Å². The van der Waals surface area contributed by atoms with Crippen LogP contribution in [0.25, 0.3) is 0 Å². The number of amides is 1. The summed E-state index contributed by atoms with van der Waals surface area (Å²) in [5.41, 5.74) is 0.112. The van der Waals surface area contributed by atoms with Gasteiger partial charge in [0.1, 0.15) is 5.60 Å². The lowest BCUT2D eigenvalue weighted by atomic mass is 9.46. The second-order valence-corrected chi connectivity index (χ2v) is 16.7. The lowest BCUT2D eigenvalue weighted by Crippen LogP contribution is -2.58. The molecule has 1 aliphatic heterocycles. The van der Waals surface area contributed by atoms with Crippen LogP contribution in [-0.4, -0.2) is 59.5 Å². The summed E-state index contributed by atoms with van der Waals surface area (Å²) in [6.07, 6.45) is 10.5. The van der Waals surface area contributed by atoms with E-state index in [4.69, 9.17) is 9.47 Å². The van der Waals surface area contributed by atoms with E-state index in [1.165, 1.54) is 11.1 Å². The Kier molecular flexibility index (Phi) is 9.57. The SMILES string of the molecule is CC1(C)C[C@](CCNC(=O)CCC(=O)OCC(=O)[C@@]2(O)CC[C@@H]3[C@H]4CCC5=CC(=O)CC[C@]5(C)[C@@H]4CC[C@@]32C)(c2ccccc2)CCO1. The van der Waals surface area contributed by atoms with Crippen LogP contribution in [0.15, 0.2) is 42.0 Å². The van der Waals surface area contributed by atoms with Gasteiger partial charge in [0.15, 0.2) is 12.4 Å². The second-order valence-electron chi connectivity index (χ2n) is 16.7. The summed E-state index contributed by atoms with van der Waals surface area (Å²) in [5.74, 6) is 0.0535. The van der Waals surface area contributed by atoms with E-state index >= 15 is 0 Å². The normalized spacial score (nSPS) is 37.0. The molecule has 7 atom stereocenters. The number of carbonyl (C=O) groups excluding carboxylic acids is 4. The van der Waals surface area contributed by atoms with Gasteiger partial charge in [-0.3, -0.25) is 19.2 Å². The van der Waals surface area contributed by atoms with Crippen molar-refractivity contribution in [3.63, 3.8) is 0 Å². The van der Waals surface area contributed by atoms with Crippen molar-refractivity contribution in [3.05, 3.63) is 47.5 Å². The Hall–Kier alpha value is -2.84. The minimum Gasteiger partial charge on any atom is -0.458 e. The number of rotatable bonds is 10. The summed E-state index contributed by atoms with van der Waals surface area (Å²) in [7, 11) is 0. The molecule has 1 aromatic carbocycles. The van der Waals surface area contributed by atoms with Crippen molar-refractivity contribution in [3.8, 4) is 0 Å². The molecule has 8 nitrogen and oxygen atoms in total. The first-order chi connectivity index (χ1) is 22.7. The van der Waals surface area contributed by atoms with Gasteiger partial charge in [-0.2, -0.15) is 0 Å². The minimum absolute atomic E-state index is 0.0200. The molecule has 0 aromatic heterocycles. The summed E-state index contributed by atoms with van der Waals surface area (Å²) >= 11 is 0. The van der Waals surface area contributed by atoms with E-state index in [9.17, 15) is 24.3 Å². The Morgan fingerprint density at radius 1 is 0.938 bits per heavy atom. The third kappa shape index (κ3) is 6.32. The molecule has 0 unspecified atom stereocenters. The van der Waals surface area contributed by atoms with Crippen LogP contribution in [0, 0.1) is 28.6 Å². The van der Waals surface area contributed by atoms with Gasteiger partial charge in [-0.25, -0.2) is 0 Å². The third-order valence-corrected chi connectivity index (χ3v) is 13.6. The molecule has 5 aliphatic rings. The number of benzene rings is 1. The highest BCUT2D eigenvalue weighted by Gasteiger charge is 2.66. The molecule has 0 bridgehead atoms. The molecule has 2 N–H and O–H groups in total. The van der Waals surface area contributed by atoms with E-state index in [1.807, 2.05) is 24.3 Å². The molecule has 6 rings (SSSR count). The van der Waals surface area contributed by atoms with Crippen molar-refractivity contribution < 1.29 is 33.8 Å². The molecule has 1 saturated heterocycles. The maximum absolute atomic E-state index is 13.6. The number of hydrogen-bond acceptors (Lipinski definition) is 7. The van der Waals surface area contributed by atoms with Crippen LogP contribution in [-0.2, 0) is 34.1 Å². The van der Waals surface area contributed by atoms with Crippen molar-refractivity contribution in [1.29, 1.82) is 0 Å². The van der Waals surface area contributed by atoms with Crippen LogP contribution in [0.3, 0.4) is 0 Å². The highest BCUT2D eigenvalue weighted by molar-refractivity contribution is 5.92. The number of Topliss-reactive ketones (excluding diaryl/α,β-unsaturated/α-hetero) is 1. The van der Waals surface area contributed by atoms with Crippen LogP contribution in [0.1, 0.15) is 117 Å². The molecular weight excluding hydrogens is 606 g/mol. The van der Waals surface area contributed by atoms with E-state index in [2.05, 4.69) is 45.1 Å². The number of carbonyl (C=O) groups is 4. The Labute approximate surface area is 285 Å². The van der Waals surface area contributed by atoms with Gasteiger partial charge in [0.25, 0.3) is 0 Å². The quantitative estimate of drug-likeness (QED) is 0.288. The molecule has 1 amide bonds. The predicted octanol–water partition coefficient (Wildman–Crippen LogP) is 6.18. The molecule has 0 radical (unpaired) electrons. The Balaban J connectivity index is 0.981. The van der Waals surface area contributed by atoms with Crippen molar-refractivity contribution in [2.24, 2.45) is 28.6 Å². The largest absolute Gasteiger partial charge is 0.458 e. The van der Waals surface area contributed by atoms with Crippen LogP contribution in [0.5, 0.6) is 0 Å². The van der Waals surface area contributed by atoms with Gasteiger partial charge in [-0.05, 0) is 113 Å². The molecular formula is C40H55NO7. The molecule has 8 heteroatoms. The van der Waals surface area contributed by atoms with E-state index in [0.29, 0.717) is 37.8 Å². The lowest BCUT2D eigenvalue weighted by Gasteiger charge is -2.58. The van der Waals surface area contributed by atoms with Gasteiger partial charge in [-0.1, -0.05) is 49.8 Å². The zero-order chi connectivity index (χ0) is 34.4. The molecule has 1 aromatic rings. The first-order valence-corrected chi connectivity index (χ1v) is 18.3. The number of esters is 1. The van der Waals surface area contributed by atoms with E-state index in [-0.39, 0.29) is 46.9 Å². The number of allylic oxidation sites excluding steroid dienone is 1. The molecule has 1 heterocycles. The van der Waals surface area contributed by atoms with Gasteiger partial charge in [-0.15, -0.1) is 0 Å². The van der Waals surface area contributed by atoms with Crippen molar-refractivity contribution in [1.82, 2.24) is 5.32 Å². The highest BCUT2D eigenvalue weighted by atomic mass is 16.5. The summed E-state index contributed by atoms with van der Waals surface area (Å²) in [5, 5.41) is 14.9. The third-order valence-electron chi connectivity index (χ3n) is 13.6. The summed E-state index contributed by atoms with van der Waals surface area (Å²) in [6, 6.07) is 10.4. The monoisotopic (exact) mass is 661 g/mol. The smallest absolute Gasteiger partial charge is 0.306 e. The van der Waals surface area contributed by atoms with E-state index in [1.54, 1.807) is 0 Å². The van der Waals surface area contributed by atoms with Gasteiger partial charge in [0.05, 0.1) is 12.0 Å². The maximum Gasteiger partial charge on any atom is 0.306 e. The van der Waals surface area contributed by atoms with Crippen LogP contribution < -0.4 is 5.32 Å². The molecule has 4 fully saturated rings. The van der Waals surface area contributed by atoms with Crippen LogP contribution in [0.2, 0.25) is 0 Å². The zero-order valence-electron chi connectivity index (χ0n) is 29.4. The number of hydrogen-bond donors (Lipinski definition) is 2. The van der Waals surface area contributed by atoms with Crippen molar-refractivity contribution >= 4 is 23.4 Å². The number of fused-ring (bicyclic) bond motifs is 5. The maximum atomic E-state index is 13.6. The fourth-order valence-corrected chi connectivity index (χ4v) is 11.0. The fourth-order valence-electron chi connectivity index (χ4n) is 11.0. The molecule has 0 spiro atoms. The minimum atomic E-state index is -1.53. The number of ketones is 2. The predicted molar refractivity (Wildman–Crippen MR) is 182 cm³/mol. The Morgan fingerprint density at radius 2 is 1.69 bits per heavy atom. The number of nitrogens with one attached hydrogen (secondary N) is 1. The van der Waals surface area contributed by atoms with Gasteiger partial charge >= 0.3 is 5.97 Å². The van der Waals surface area contributed by atoms with Gasteiger partial charge in [0.2, 0.25) is 11.7 Å². The first-order valence-electron chi connectivity index (χ1n) is 18.3. The van der Waals surface area contributed by atoms with E-state index < -0.39 is 29.4 Å². The van der Waals surface area contributed by atoms with E-state index in [0.717, 1.165) is 57.8 Å². The summed E-state index contributed by atoms with van der Waals surface area (Å²) in [6.45, 7) is 9.28. The summed E-state index contributed by atoms with van der Waals surface area (Å²) < 4.78 is 11.4. The standard InChI is InChI=1S/C40H55NO7/c1-36(2)26-39(21-23-48-36,27-8-6-5-7-9-27)20-22-41-34(44)12-13-35(45)47-25-33(43)40(46)19-16-32-30-11-10-28-24-29(42)14-17-37(28,3)31(30)15-18-38(32,40)4/h5-9,24,30-32,46H,10-23,25-26H2,1-4H3,(H,41,44)/t30-,31+,32+,37-,38-,39+,40-/m0/s1. The zero-order valence-corrected chi connectivity index (χ0v) is 29.4. The van der Waals surface area contributed by atoms with Crippen molar-refractivity contribution in [2.75, 3.05) is 19.8 Å². The molecule has 4 aliphatic carbocycles. The molecule has 3 saturated carbocycles.